The van der Waals surface area contributed by atoms with E-state index in [1.54, 1.807) is 36.4 Å². The van der Waals surface area contributed by atoms with Crippen molar-refractivity contribution in [2.75, 3.05) is 0 Å². The molecule has 0 amide bonds. The fraction of sp³-hybridized carbons (Fsp3) is 0.0769. The molecule has 0 N–H and O–H groups in total. The summed E-state index contributed by atoms with van der Waals surface area (Å²) in [6.45, 7) is 3.89. The summed E-state index contributed by atoms with van der Waals surface area (Å²) >= 11 is 0. The maximum absolute atomic E-state index is 12.8. The zero-order valence-corrected chi connectivity index (χ0v) is 17.5. The zero-order valence-electron chi connectivity index (χ0n) is 17.5. The van der Waals surface area contributed by atoms with E-state index >= 15 is 0 Å². The number of furan rings is 2. The summed E-state index contributed by atoms with van der Waals surface area (Å²) in [4.78, 5) is 25.5. The summed E-state index contributed by atoms with van der Waals surface area (Å²) in [5.74, 6) is -1.23. The molecule has 4 rings (SSSR count). The molecule has 0 fully saturated rings. The van der Waals surface area contributed by atoms with E-state index in [2.05, 4.69) is 0 Å². The summed E-state index contributed by atoms with van der Waals surface area (Å²) in [6.07, 6.45) is 2.76. The number of aryl methyl sites for hydroxylation is 2. The van der Waals surface area contributed by atoms with Crippen molar-refractivity contribution in [2.24, 2.45) is 0 Å². The summed E-state index contributed by atoms with van der Waals surface area (Å²) in [7, 11) is 0. The largest absolute Gasteiger partial charge is 0.457 e. The first-order valence-corrected chi connectivity index (χ1v) is 9.91. The Bertz CT molecular complexity index is 1130. The van der Waals surface area contributed by atoms with Crippen molar-refractivity contribution >= 4 is 23.5 Å². The monoisotopic (exact) mass is 428 g/mol. The third kappa shape index (κ3) is 4.70. The molecule has 2 aromatic heterocycles. The van der Waals surface area contributed by atoms with Crippen LogP contribution in [0.3, 0.4) is 0 Å². The van der Waals surface area contributed by atoms with E-state index in [9.17, 15) is 9.59 Å². The lowest BCUT2D eigenvalue weighted by Crippen LogP contribution is -2.10. The van der Waals surface area contributed by atoms with E-state index in [0.717, 1.165) is 11.1 Å². The van der Waals surface area contributed by atoms with Crippen molar-refractivity contribution in [3.05, 3.63) is 119 Å². The summed E-state index contributed by atoms with van der Waals surface area (Å²) in [6, 6.07) is 20.8. The van der Waals surface area contributed by atoms with Gasteiger partial charge in [-0.15, -0.1) is 0 Å². The standard InChI is InChI=1S/C26H20O6/c1-17-7-11-19(12-8-17)23(31-25(27)21-5-3-15-29-21)24(20-13-9-18(2)10-14-20)32-26(28)22-6-4-16-30-22/h3-16H,1-2H3/b24-23+. The van der Waals surface area contributed by atoms with Gasteiger partial charge in [0, 0.05) is 11.1 Å². The normalized spacial score (nSPS) is 11.6. The number of rotatable bonds is 6. The van der Waals surface area contributed by atoms with E-state index in [-0.39, 0.29) is 23.0 Å². The predicted molar refractivity (Wildman–Crippen MR) is 117 cm³/mol. The number of hydrogen-bond acceptors (Lipinski definition) is 6. The molecule has 0 aliphatic heterocycles. The van der Waals surface area contributed by atoms with Crippen LogP contribution in [0.15, 0.2) is 94.2 Å². The van der Waals surface area contributed by atoms with Gasteiger partial charge in [-0.3, -0.25) is 0 Å². The van der Waals surface area contributed by atoms with Crippen LogP contribution in [0.25, 0.3) is 11.5 Å². The van der Waals surface area contributed by atoms with E-state index in [4.69, 9.17) is 18.3 Å². The molecule has 2 heterocycles. The lowest BCUT2D eigenvalue weighted by atomic mass is 10.1. The molecular formula is C26H20O6. The van der Waals surface area contributed by atoms with Gasteiger partial charge in [-0.25, -0.2) is 9.59 Å². The van der Waals surface area contributed by atoms with Gasteiger partial charge in [-0.05, 0) is 38.1 Å². The second kappa shape index (κ2) is 9.22. The molecule has 0 unspecified atom stereocenters. The van der Waals surface area contributed by atoms with Crippen LogP contribution in [0.4, 0.5) is 0 Å². The van der Waals surface area contributed by atoms with Crippen molar-refractivity contribution in [1.82, 2.24) is 0 Å². The molecule has 4 aromatic rings. The van der Waals surface area contributed by atoms with Gasteiger partial charge in [-0.2, -0.15) is 0 Å². The molecule has 32 heavy (non-hydrogen) atoms. The van der Waals surface area contributed by atoms with Crippen molar-refractivity contribution in [3.63, 3.8) is 0 Å². The third-order valence-corrected chi connectivity index (χ3v) is 4.67. The fourth-order valence-corrected chi connectivity index (χ4v) is 2.96. The van der Waals surface area contributed by atoms with Crippen LogP contribution < -0.4 is 0 Å². The van der Waals surface area contributed by atoms with Gasteiger partial charge in [0.25, 0.3) is 0 Å². The zero-order chi connectivity index (χ0) is 22.5. The second-order valence-corrected chi connectivity index (χ2v) is 7.12. The highest BCUT2D eigenvalue weighted by Gasteiger charge is 2.24. The molecule has 0 saturated carbocycles. The maximum atomic E-state index is 12.8. The van der Waals surface area contributed by atoms with E-state index in [1.807, 2.05) is 38.1 Å². The highest BCUT2D eigenvalue weighted by atomic mass is 16.6. The van der Waals surface area contributed by atoms with Crippen LogP contribution in [-0.2, 0) is 9.47 Å². The first kappa shape index (κ1) is 20.9. The Morgan fingerprint density at radius 2 is 0.969 bits per heavy atom. The van der Waals surface area contributed by atoms with Gasteiger partial charge in [0.1, 0.15) is 0 Å². The smallest absolute Gasteiger partial charge is 0.379 e. The molecule has 0 aliphatic carbocycles. The Labute approximate surface area is 184 Å². The maximum Gasteiger partial charge on any atom is 0.379 e. The average Bonchev–Trinajstić information content (AvgIpc) is 3.52. The van der Waals surface area contributed by atoms with Gasteiger partial charge in [0.15, 0.2) is 11.5 Å². The molecule has 0 atom stereocenters. The van der Waals surface area contributed by atoms with Crippen LogP contribution in [0.2, 0.25) is 0 Å². The highest BCUT2D eigenvalue weighted by Crippen LogP contribution is 2.31. The van der Waals surface area contributed by atoms with Crippen molar-refractivity contribution in [1.29, 1.82) is 0 Å². The van der Waals surface area contributed by atoms with E-state index < -0.39 is 11.9 Å². The molecule has 6 nitrogen and oxygen atoms in total. The van der Waals surface area contributed by atoms with Crippen LogP contribution in [0.5, 0.6) is 0 Å². The molecule has 0 bridgehead atoms. The van der Waals surface area contributed by atoms with Crippen molar-refractivity contribution < 1.29 is 27.9 Å². The molecule has 0 radical (unpaired) electrons. The van der Waals surface area contributed by atoms with Crippen LogP contribution >= 0.6 is 0 Å². The van der Waals surface area contributed by atoms with Crippen LogP contribution in [-0.4, -0.2) is 11.9 Å². The number of carbonyl (C=O) groups is 2. The topological polar surface area (TPSA) is 78.9 Å². The quantitative estimate of drug-likeness (QED) is 0.212. The third-order valence-electron chi connectivity index (χ3n) is 4.67. The second-order valence-electron chi connectivity index (χ2n) is 7.12. The number of hydrogen-bond donors (Lipinski definition) is 0. The molecule has 0 saturated heterocycles. The van der Waals surface area contributed by atoms with Crippen molar-refractivity contribution in [2.45, 2.75) is 13.8 Å². The van der Waals surface area contributed by atoms with Crippen LogP contribution in [0.1, 0.15) is 43.4 Å². The number of ether oxygens (including phenoxy) is 2. The Balaban J connectivity index is 1.86. The minimum atomic E-state index is -0.718. The number of benzene rings is 2. The Morgan fingerprint density at radius 3 is 1.28 bits per heavy atom. The van der Waals surface area contributed by atoms with Gasteiger partial charge < -0.3 is 18.3 Å². The Kier molecular flexibility index (Phi) is 6.03. The molecule has 6 heteroatoms. The first-order valence-electron chi connectivity index (χ1n) is 9.91. The molecule has 2 aromatic carbocycles. The molecule has 0 spiro atoms. The number of carbonyl (C=O) groups excluding carboxylic acids is 2. The van der Waals surface area contributed by atoms with Gasteiger partial charge in [-0.1, -0.05) is 59.7 Å². The Hall–Kier alpha value is -4.32. The minimum absolute atomic E-state index is 0.0234. The van der Waals surface area contributed by atoms with E-state index in [1.165, 1.54) is 24.7 Å². The average molecular weight is 428 g/mol. The van der Waals surface area contributed by atoms with Gasteiger partial charge >= 0.3 is 11.9 Å². The molecular weight excluding hydrogens is 408 g/mol. The van der Waals surface area contributed by atoms with Gasteiger partial charge in [0.05, 0.1) is 12.5 Å². The first-order chi connectivity index (χ1) is 15.5. The van der Waals surface area contributed by atoms with E-state index in [0.29, 0.717) is 11.1 Å². The van der Waals surface area contributed by atoms with Crippen molar-refractivity contribution in [3.8, 4) is 0 Å². The highest BCUT2D eigenvalue weighted by molar-refractivity contribution is 5.99. The molecule has 160 valence electrons. The Morgan fingerprint density at radius 1 is 0.594 bits per heavy atom. The fourth-order valence-electron chi connectivity index (χ4n) is 2.96. The summed E-state index contributed by atoms with van der Waals surface area (Å²) in [5, 5.41) is 0. The lowest BCUT2D eigenvalue weighted by molar-refractivity contribution is 0.0613. The number of esters is 2. The summed E-state index contributed by atoms with van der Waals surface area (Å²) < 4.78 is 21.8. The molecule has 0 aliphatic rings. The SMILES string of the molecule is Cc1ccc(/C(OC(=O)c2ccco2)=C(\OC(=O)c2ccco2)c2ccc(C)cc2)cc1. The van der Waals surface area contributed by atoms with Crippen LogP contribution in [0, 0.1) is 13.8 Å². The lowest BCUT2D eigenvalue weighted by Gasteiger charge is -2.16. The minimum Gasteiger partial charge on any atom is -0.457 e. The predicted octanol–water partition coefficient (Wildman–Crippen LogP) is 6.03. The van der Waals surface area contributed by atoms with Gasteiger partial charge in [0.2, 0.25) is 11.5 Å². The summed E-state index contributed by atoms with van der Waals surface area (Å²) in [5.41, 5.74) is 3.15.